The van der Waals surface area contributed by atoms with Gasteiger partial charge in [-0.25, -0.2) is 0 Å². The molecule has 0 amide bonds. The average Bonchev–Trinajstić information content (AvgIpc) is 2.94. The van der Waals surface area contributed by atoms with Crippen LogP contribution < -0.4 is 5.73 Å². The van der Waals surface area contributed by atoms with E-state index >= 15 is 0 Å². The molecule has 1 atom stereocenters. The molecule has 3 rings (SSSR count). The number of thiophene rings is 1. The molecule has 1 aliphatic carbocycles. The lowest BCUT2D eigenvalue weighted by atomic mass is 9.96. The van der Waals surface area contributed by atoms with Gasteiger partial charge in [-0.1, -0.05) is 16.8 Å². The lowest BCUT2D eigenvalue weighted by Gasteiger charge is -2.26. The van der Waals surface area contributed by atoms with Crippen LogP contribution in [0.25, 0.3) is 10.8 Å². The van der Waals surface area contributed by atoms with Crippen molar-refractivity contribution in [3.8, 4) is 10.8 Å². The molecule has 1 fully saturated rings. The zero-order valence-corrected chi connectivity index (χ0v) is 11.8. The fourth-order valence-electron chi connectivity index (χ4n) is 1.78. The predicted molar refractivity (Wildman–Crippen MR) is 73.1 cm³/mol. The van der Waals surface area contributed by atoms with Crippen LogP contribution in [0.3, 0.4) is 0 Å². The van der Waals surface area contributed by atoms with Crippen molar-refractivity contribution in [3.05, 3.63) is 22.3 Å². The second-order valence-corrected chi connectivity index (χ2v) is 5.87. The molecule has 5 nitrogen and oxygen atoms in total. The summed E-state index contributed by atoms with van der Waals surface area (Å²) in [6.07, 6.45) is 3.83. The van der Waals surface area contributed by atoms with Crippen LogP contribution in [0.15, 0.2) is 16.0 Å². The highest BCUT2D eigenvalue weighted by Gasteiger charge is 2.22. The molecule has 2 N–H and O–H groups in total. The van der Waals surface area contributed by atoms with Crippen molar-refractivity contribution >= 4 is 22.9 Å². The number of halogens is 1. The third kappa shape index (κ3) is 2.81. The molecule has 2 heterocycles. The molecule has 0 aromatic carbocycles. The molecule has 1 unspecified atom stereocenters. The van der Waals surface area contributed by atoms with E-state index < -0.39 is 0 Å². The molecular formula is C12H14ClN3O2S. The van der Waals surface area contributed by atoms with E-state index in [1.54, 1.807) is 6.07 Å². The van der Waals surface area contributed by atoms with Gasteiger partial charge in [-0.15, -0.1) is 11.3 Å². The topological polar surface area (TPSA) is 74.2 Å². The monoisotopic (exact) mass is 299 g/mol. The van der Waals surface area contributed by atoms with Gasteiger partial charge in [0, 0.05) is 0 Å². The molecule has 1 aliphatic rings. The van der Waals surface area contributed by atoms with E-state index in [1.165, 1.54) is 17.8 Å². The maximum atomic E-state index is 6.02. The van der Waals surface area contributed by atoms with Crippen molar-refractivity contribution in [2.45, 2.75) is 31.4 Å². The van der Waals surface area contributed by atoms with E-state index in [0.29, 0.717) is 29.4 Å². The zero-order chi connectivity index (χ0) is 13.2. The largest absolute Gasteiger partial charge is 0.376 e. The van der Waals surface area contributed by atoms with Crippen molar-refractivity contribution in [3.63, 3.8) is 0 Å². The SMILES string of the molecule is NC(COC1CCC1)c1noc(-c2sccc2Cl)n1. The van der Waals surface area contributed by atoms with Crippen LogP contribution in [0.2, 0.25) is 5.02 Å². The summed E-state index contributed by atoms with van der Waals surface area (Å²) >= 11 is 7.48. The van der Waals surface area contributed by atoms with Crippen molar-refractivity contribution < 1.29 is 9.26 Å². The van der Waals surface area contributed by atoms with E-state index in [2.05, 4.69) is 10.1 Å². The first-order valence-corrected chi connectivity index (χ1v) is 7.44. The third-order valence-corrected chi connectivity index (χ3v) is 4.48. The first-order valence-electron chi connectivity index (χ1n) is 6.18. The lowest BCUT2D eigenvalue weighted by molar-refractivity contribution is -0.00549. The molecule has 0 saturated heterocycles. The van der Waals surface area contributed by atoms with Crippen molar-refractivity contribution in [2.75, 3.05) is 6.61 Å². The summed E-state index contributed by atoms with van der Waals surface area (Å²) in [5, 5.41) is 6.38. The normalized spacial score (nSPS) is 17.4. The summed E-state index contributed by atoms with van der Waals surface area (Å²) in [6.45, 7) is 0.418. The minimum Gasteiger partial charge on any atom is -0.376 e. The summed E-state index contributed by atoms with van der Waals surface area (Å²) < 4.78 is 10.8. The van der Waals surface area contributed by atoms with Crippen molar-refractivity contribution in [2.24, 2.45) is 5.73 Å². The van der Waals surface area contributed by atoms with Crippen molar-refractivity contribution in [1.82, 2.24) is 10.1 Å². The summed E-state index contributed by atoms with van der Waals surface area (Å²) in [5.74, 6) is 0.868. The Kier molecular flexibility index (Phi) is 3.83. The number of rotatable bonds is 5. The Hall–Kier alpha value is -0.950. The Morgan fingerprint density at radius 3 is 3.05 bits per heavy atom. The average molecular weight is 300 g/mol. The van der Waals surface area contributed by atoms with Gasteiger partial charge < -0.3 is 15.0 Å². The number of nitrogens with two attached hydrogens (primary N) is 1. The number of aromatic nitrogens is 2. The minimum absolute atomic E-state index is 0.351. The van der Waals surface area contributed by atoms with Crippen LogP contribution in [0, 0.1) is 0 Å². The van der Waals surface area contributed by atoms with Gasteiger partial charge in [0.2, 0.25) is 0 Å². The summed E-state index contributed by atoms with van der Waals surface area (Å²) in [6, 6.07) is 1.43. The maximum Gasteiger partial charge on any atom is 0.269 e. The van der Waals surface area contributed by atoms with Crippen molar-refractivity contribution in [1.29, 1.82) is 0 Å². The second kappa shape index (κ2) is 5.58. The first-order chi connectivity index (χ1) is 9.24. The van der Waals surface area contributed by atoms with E-state index in [4.69, 9.17) is 26.6 Å². The summed E-state index contributed by atoms with van der Waals surface area (Å²) in [7, 11) is 0. The molecule has 7 heteroatoms. The smallest absolute Gasteiger partial charge is 0.269 e. The molecule has 19 heavy (non-hydrogen) atoms. The molecule has 2 aromatic heterocycles. The standard InChI is InChI=1S/C12H14ClN3O2S/c13-8-4-5-19-10(8)12-15-11(16-18-12)9(14)6-17-7-2-1-3-7/h4-5,7,9H,1-3,6,14H2. The van der Waals surface area contributed by atoms with E-state index in [9.17, 15) is 0 Å². The predicted octanol–water partition coefficient (Wildman–Crippen LogP) is 3.02. The quantitative estimate of drug-likeness (QED) is 0.918. The molecule has 1 saturated carbocycles. The second-order valence-electron chi connectivity index (χ2n) is 4.55. The highest BCUT2D eigenvalue weighted by Crippen LogP contribution is 2.32. The maximum absolute atomic E-state index is 6.02. The number of hydrogen-bond acceptors (Lipinski definition) is 6. The number of hydrogen-bond donors (Lipinski definition) is 1. The molecule has 0 radical (unpaired) electrons. The zero-order valence-electron chi connectivity index (χ0n) is 10.2. The van der Waals surface area contributed by atoms with Gasteiger partial charge in [0.25, 0.3) is 5.89 Å². The van der Waals surface area contributed by atoms with Crippen LogP contribution >= 0.6 is 22.9 Å². The van der Waals surface area contributed by atoms with Crippen LogP contribution in [-0.4, -0.2) is 22.9 Å². The Labute approximate surface area is 119 Å². The van der Waals surface area contributed by atoms with Crippen LogP contribution in [0.5, 0.6) is 0 Å². The number of nitrogens with zero attached hydrogens (tertiary/aromatic N) is 2. The molecular weight excluding hydrogens is 286 g/mol. The molecule has 2 aromatic rings. The highest BCUT2D eigenvalue weighted by atomic mass is 35.5. The van der Waals surface area contributed by atoms with E-state index in [0.717, 1.165) is 17.7 Å². The van der Waals surface area contributed by atoms with Gasteiger partial charge in [0.15, 0.2) is 5.82 Å². The highest BCUT2D eigenvalue weighted by molar-refractivity contribution is 7.14. The molecule has 102 valence electrons. The summed E-state index contributed by atoms with van der Waals surface area (Å²) in [5.41, 5.74) is 5.99. The molecule has 0 bridgehead atoms. The first kappa shape index (κ1) is 13.1. The number of ether oxygens (including phenoxy) is 1. The lowest BCUT2D eigenvalue weighted by Crippen LogP contribution is -2.27. The van der Waals surface area contributed by atoms with E-state index in [-0.39, 0.29) is 6.04 Å². The molecule has 0 aliphatic heterocycles. The van der Waals surface area contributed by atoms with Crippen LogP contribution in [-0.2, 0) is 4.74 Å². The Bertz CT molecular complexity index is 553. The van der Waals surface area contributed by atoms with E-state index in [1.807, 2.05) is 5.38 Å². The van der Waals surface area contributed by atoms with Gasteiger partial charge in [-0.2, -0.15) is 4.98 Å². The Balaban J connectivity index is 1.65. The fourth-order valence-corrected chi connectivity index (χ4v) is 2.83. The van der Waals surface area contributed by atoms with Crippen LogP contribution in [0.4, 0.5) is 0 Å². The van der Waals surface area contributed by atoms with Gasteiger partial charge in [-0.05, 0) is 30.7 Å². The van der Waals surface area contributed by atoms with Gasteiger partial charge in [0.05, 0.1) is 23.8 Å². The van der Waals surface area contributed by atoms with Gasteiger partial charge in [-0.3, -0.25) is 0 Å². The molecule has 0 spiro atoms. The van der Waals surface area contributed by atoms with Gasteiger partial charge in [0.1, 0.15) is 4.88 Å². The Morgan fingerprint density at radius 2 is 2.42 bits per heavy atom. The summed E-state index contributed by atoms with van der Waals surface area (Å²) in [4.78, 5) is 5.05. The Morgan fingerprint density at radius 1 is 1.58 bits per heavy atom. The van der Waals surface area contributed by atoms with Crippen LogP contribution in [0.1, 0.15) is 31.1 Å². The third-order valence-electron chi connectivity index (χ3n) is 3.15. The minimum atomic E-state index is -0.364. The fraction of sp³-hybridized carbons (Fsp3) is 0.500. The van der Waals surface area contributed by atoms with Gasteiger partial charge >= 0.3 is 0 Å².